The number of aliphatic hydroxyl groups is 1. The van der Waals surface area contributed by atoms with Gasteiger partial charge in [0.1, 0.15) is 6.04 Å². The summed E-state index contributed by atoms with van der Waals surface area (Å²) in [6.45, 7) is 4.41. The number of carbonyl (C=O) groups excluding carboxylic acids is 3. The van der Waals surface area contributed by atoms with Crippen molar-refractivity contribution >= 4 is 28.0 Å². The standard InChI is InChI=1S/C26H43N3O8S/c1-15(2)7-20(23(31)28-21(24(32)38(34,35)36)11-19-3-5-27-22(19)30)29-25(33)37-6-4-26-12-16-8-17(13-26)10-18(9-16)14-26/h15-21,24,32H,3-14H2,1-2H3,(H,27,30)(H,28,31)(H,29,33)(H,34,35,36)/t16?,17?,18?,19-,20+,21+,24?,26?/m1/s1. The first-order valence-electron chi connectivity index (χ1n) is 14.0. The van der Waals surface area contributed by atoms with E-state index in [9.17, 15) is 32.5 Å². The van der Waals surface area contributed by atoms with Crippen LogP contribution in [0.25, 0.3) is 0 Å². The Kier molecular flexibility index (Phi) is 8.93. The van der Waals surface area contributed by atoms with Crippen LogP contribution in [0.5, 0.6) is 0 Å². The summed E-state index contributed by atoms with van der Waals surface area (Å²) in [5.74, 6) is 0.752. The highest BCUT2D eigenvalue weighted by Crippen LogP contribution is 2.61. The van der Waals surface area contributed by atoms with Gasteiger partial charge in [-0.15, -0.1) is 0 Å². The second-order valence-corrected chi connectivity index (χ2v) is 14.2. The van der Waals surface area contributed by atoms with Gasteiger partial charge in [0.05, 0.1) is 12.6 Å². The summed E-state index contributed by atoms with van der Waals surface area (Å²) in [5.41, 5.74) is -2.05. The Hall–Kier alpha value is -1.92. The summed E-state index contributed by atoms with van der Waals surface area (Å²) in [4.78, 5) is 37.8. The molecular formula is C26H43N3O8S. The van der Waals surface area contributed by atoms with Crippen LogP contribution in [-0.4, -0.2) is 66.7 Å². The molecule has 4 saturated carbocycles. The summed E-state index contributed by atoms with van der Waals surface area (Å²) >= 11 is 0. The Morgan fingerprint density at radius 3 is 2.21 bits per heavy atom. The molecule has 3 amide bonds. The van der Waals surface area contributed by atoms with Crippen LogP contribution >= 0.6 is 0 Å². The van der Waals surface area contributed by atoms with Crippen LogP contribution in [0.3, 0.4) is 0 Å². The molecule has 38 heavy (non-hydrogen) atoms. The molecule has 1 aliphatic heterocycles. The van der Waals surface area contributed by atoms with E-state index in [2.05, 4.69) is 16.0 Å². The summed E-state index contributed by atoms with van der Waals surface area (Å²) in [7, 11) is -4.91. The molecule has 5 fully saturated rings. The summed E-state index contributed by atoms with van der Waals surface area (Å²) in [5, 5.41) is 17.9. The zero-order chi connectivity index (χ0) is 27.7. The molecule has 5 rings (SSSR count). The first kappa shape index (κ1) is 29.1. The van der Waals surface area contributed by atoms with Crippen molar-refractivity contribution in [2.75, 3.05) is 13.2 Å². The molecule has 216 valence electrons. The quantitative estimate of drug-likeness (QED) is 0.227. The topological polar surface area (TPSA) is 171 Å². The maximum absolute atomic E-state index is 13.1. The van der Waals surface area contributed by atoms with Crippen molar-refractivity contribution in [3.05, 3.63) is 0 Å². The lowest BCUT2D eigenvalue weighted by Crippen LogP contribution is -2.55. The lowest BCUT2D eigenvalue weighted by atomic mass is 9.49. The van der Waals surface area contributed by atoms with Crippen molar-refractivity contribution in [2.45, 2.75) is 95.6 Å². The third-order valence-corrected chi connectivity index (χ3v) is 9.96. The van der Waals surface area contributed by atoms with Crippen LogP contribution in [0.15, 0.2) is 0 Å². The number of nitrogens with one attached hydrogen (secondary N) is 3. The van der Waals surface area contributed by atoms with E-state index in [0.717, 1.165) is 24.2 Å². The number of carbonyl (C=O) groups is 3. The monoisotopic (exact) mass is 557 g/mol. The molecule has 11 nitrogen and oxygen atoms in total. The Bertz CT molecular complexity index is 965. The molecular weight excluding hydrogens is 514 g/mol. The lowest BCUT2D eigenvalue weighted by molar-refractivity contribution is -0.126. The third kappa shape index (κ3) is 7.18. The highest BCUT2D eigenvalue weighted by molar-refractivity contribution is 7.86. The molecule has 0 spiro atoms. The summed E-state index contributed by atoms with van der Waals surface area (Å²) in [6, 6.07) is -2.48. The highest BCUT2D eigenvalue weighted by Gasteiger charge is 2.50. The Labute approximate surface area is 225 Å². The van der Waals surface area contributed by atoms with Gasteiger partial charge in [0.15, 0.2) is 0 Å². The smallest absolute Gasteiger partial charge is 0.407 e. The van der Waals surface area contributed by atoms with Gasteiger partial charge in [-0.25, -0.2) is 4.79 Å². The van der Waals surface area contributed by atoms with Gasteiger partial charge in [-0.3, -0.25) is 14.1 Å². The molecule has 1 saturated heterocycles. The van der Waals surface area contributed by atoms with Crippen LogP contribution < -0.4 is 16.0 Å². The predicted molar refractivity (Wildman–Crippen MR) is 138 cm³/mol. The van der Waals surface area contributed by atoms with E-state index in [1.54, 1.807) is 0 Å². The zero-order valence-electron chi connectivity index (χ0n) is 22.4. The molecule has 0 aromatic heterocycles. The molecule has 4 atom stereocenters. The Morgan fingerprint density at radius 1 is 1.11 bits per heavy atom. The van der Waals surface area contributed by atoms with E-state index in [0.29, 0.717) is 13.0 Å². The van der Waals surface area contributed by atoms with Crippen molar-refractivity contribution < 1.29 is 37.2 Å². The Balaban J connectivity index is 1.33. The third-order valence-electron chi connectivity index (χ3n) is 9.02. The fourth-order valence-corrected chi connectivity index (χ4v) is 8.35. The molecule has 5 N–H and O–H groups in total. The maximum Gasteiger partial charge on any atom is 0.407 e. The van der Waals surface area contributed by atoms with Gasteiger partial charge in [-0.05, 0) is 93.3 Å². The number of hydrogen-bond donors (Lipinski definition) is 5. The van der Waals surface area contributed by atoms with Gasteiger partial charge in [0, 0.05) is 12.5 Å². The first-order valence-corrected chi connectivity index (χ1v) is 15.5. The number of alkyl carbamates (subject to hydrolysis) is 1. The fraction of sp³-hybridized carbons (Fsp3) is 0.885. The van der Waals surface area contributed by atoms with Gasteiger partial charge in [-0.1, -0.05) is 13.8 Å². The fourth-order valence-electron chi connectivity index (χ4n) is 7.76. The van der Waals surface area contributed by atoms with Gasteiger partial charge < -0.3 is 25.8 Å². The highest BCUT2D eigenvalue weighted by atomic mass is 32.2. The molecule has 0 aromatic carbocycles. The van der Waals surface area contributed by atoms with Crippen LogP contribution in [-0.2, 0) is 24.4 Å². The predicted octanol–water partition coefficient (Wildman–Crippen LogP) is 1.95. The minimum Gasteiger partial charge on any atom is -0.450 e. The molecule has 4 aliphatic carbocycles. The van der Waals surface area contributed by atoms with Crippen LogP contribution in [0.1, 0.15) is 78.1 Å². The van der Waals surface area contributed by atoms with Crippen LogP contribution in [0.4, 0.5) is 4.79 Å². The van der Waals surface area contributed by atoms with Gasteiger partial charge >= 0.3 is 6.09 Å². The first-order chi connectivity index (χ1) is 17.8. The van der Waals surface area contributed by atoms with E-state index < -0.39 is 45.6 Å². The second kappa shape index (κ2) is 11.7. The van der Waals surface area contributed by atoms with E-state index >= 15 is 0 Å². The SMILES string of the molecule is CC(C)C[C@H](NC(=O)OCCC12CC3CC(CC(C3)C1)C2)C(=O)N[C@@H](C[C@H]1CCNC1=O)C(O)S(=O)(=O)O. The minimum atomic E-state index is -4.91. The molecule has 4 bridgehead atoms. The van der Waals surface area contributed by atoms with Crippen LogP contribution in [0, 0.1) is 35.0 Å². The zero-order valence-corrected chi connectivity index (χ0v) is 23.2. The Morgan fingerprint density at radius 2 is 1.71 bits per heavy atom. The van der Waals surface area contributed by atoms with Crippen molar-refractivity contribution in [1.82, 2.24) is 16.0 Å². The number of ether oxygens (including phenoxy) is 1. The number of hydrogen-bond acceptors (Lipinski definition) is 7. The van der Waals surface area contributed by atoms with Crippen molar-refractivity contribution in [2.24, 2.45) is 35.0 Å². The molecule has 12 heteroatoms. The number of amides is 3. The molecule has 1 unspecified atom stereocenters. The van der Waals surface area contributed by atoms with E-state index in [1.807, 2.05) is 13.8 Å². The normalized spacial score (nSPS) is 32.5. The van der Waals surface area contributed by atoms with Crippen molar-refractivity contribution in [3.63, 3.8) is 0 Å². The average Bonchev–Trinajstić information content (AvgIpc) is 3.20. The summed E-state index contributed by atoms with van der Waals surface area (Å²) in [6.07, 6.45) is 8.21. The molecule has 1 heterocycles. The molecule has 5 aliphatic rings. The number of rotatable bonds is 12. The molecule has 0 aromatic rings. The number of aliphatic hydroxyl groups excluding tert-OH is 1. The summed E-state index contributed by atoms with van der Waals surface area (Å²) < 4.78 is 38.2. The van der Waals surface area contributed by atoms with Gasteiger partial charge in [0.2, 0.25) is 17.3 Å². The van der Waals surface area contributed by atoms with Crippen molar-refractivity contribution in [3.8, 4) is 0 Å². The van der Waals surface area contributed by atoms with E-state index in [1.165, 1.54) is 38.5 Å². The van der Waals surface area contributed by atoms with Gasteiger partial charge in [-0.2, -0.15) is 8.42 Å². The molecule has 0 radical (unpaired) electrons. The van der Waals surface area contributed by atoms with Crippen molar-refractivity contribution in [1.29, 1.82) is 0 Å². The van der Waals surface area contributed by atoms with Gasteiger partial charge in [0.25, 0.3) is 10.1 Å². The average molecular weight is 558 g/mol. The minimum absolute atomic E-state index is 0.00336. The van der Waals surface area contributed by atoms with Crippen LogP contribution in [0.2, 0.25) is 0 Å². The lowest BCUT2D eigenvalue weighted by Gasteiger charge is -2.57. The van der Waals surface area contributed by atoms with E-state index in [-0.39, 0.29) is 36.7 Å². The maximum atomic E-state index is 13.1. The second-order valence-electron chi connectivity index (χ2n) is 12.7. The largest absolute Gasteiger partial charge is 0.450 e. The van der Waals surface area contributed by atoms with E-state index in [4.69, 9.17) is 4.74 Å².